The molecule has 1 aromatic carbocycles. The van der Waals surface area contributed by atoms with Crippen LogP contribution in [0.2, 0.25) is 0 Å². The van der Waals surface area contributed by atoms with Crippen molar-refractivity contribution in [1.82, 2.24) is 19.9 Å². The minimum atomic E-state index is -0.440. The fraction of sp³-hybridized carbons (Fsp3) is 0.333. The lowest BCUT2D eigenvalue weighted by Gasteiger charge is -2.27. The first-order valence-corrected chi connectivity index (χ1v) is 10.8. The summed E-state index contributed by atoms with van der Waals surface area (Å²) in [6, 6.07) is 6.84. The number of aryl methyl sites for hydroxylation is 2. The van der Waals surface area contributed by atoms with Crippen molar-refractivity contribution in [3.8, 4) is 22.8 Å². The van der Waals surface area contributed by atoms with Crippen LogP contribution in [0.3, 0.4) is 0 Å². The van der Waals surface area contributed by atoms with Gasteiger partial charge in [0.15, 0.2) is 0 Å². The molecule has 3 heterocycles. The third kappa shape index (κ3) is 5.89. The summed E-state index contributed by atoms with van der Waals surface area (Å²) in [6.07, 6.45) is 6.60. The van der Waals surface area contributed by atoms with E-state index in [2.05, 4.69) is 15.3 Å². The Morgan fingerprint density at radius 3 is 2.91 bits per heavy atom. The Hall–Kier alpha value is -3.95. The van der Waals surface area contributed by atoms with Gasteiger partial charge in [0.2, 0.25) is 11.8 Å². The number of imidazole rings is 1. The molecule has 2 aromatic heterocycles. The lowest BCUT2D eigenvalue weighted by molar-refractivity contribution is -0.123. The number of halogens is 1. The van der Waals surface area contributed by atoms with E-state index in [1.807, 2.05) is 29.8 Å². The van der Waals surface area contributed by atoms with Gasteiger partial charge >= 0.3 is 0 Å². The van der Waals surface area contributed by atoms with Gasteiger partial charge < -0.3 is 24.5 Å². The summed E-state index contributed by atoms with van der Waals surface area (Å²) < 4.78 is 27.3. The van der Waals surface area contributed by atoms with Crippen LogP contribution in [0, 0.1) is 5.82 Å². The fourth-order valence-electron chi connectivity index (χ4n) is 3.81. The molecule has 9 nitrogen and oxygen atoms in total. The number of benzene rings is 1. The number of hydrogen-bond donors (Lipinski definition) is 2. The predicted octanol–water partition coefficient (Wildman–Crippen LogP) is 3.39. The van der Waals surface area contributed by atoms with Crippen LogP contribution in [0.5, 0.6) is 11.6 Å². The first kappa shape index (κ1) is 24.7. The van der Waals surface area contributed by atoms with Crippen LogP contribution < -0.4 is 14.8 Å². The van der Waals surface area contributed by atoms with E-state index in [1.165, 1.54) is 7.11 Å². The molecule has 3 aromatic rings. The van der Waals surface area contributed by atoms with Crippen LogP contribution >= 0.6 is 0 Å². The number of pyridine rings is 1. The number of ether oxygens (including phenoxy) is 2. The van der Waals surface area contributed by atoms with Crippen molar-refractivity contribution in [2.45, 2.75) is 38.8 Å². The number of methoxy groups -OCH3 is 1. The van der Waals surface area contributed by atoms with Crippen LogP contribution in [0.15, 0.2) is 42.9 Å². The Balaban J connectivity index is 0.00000103. The molecule has 0 radical (unpaired) electrons. The average molecular weight is 471 g/mol. The van der Waals surface area contributed by atoms with Gasteiger partial charge in [-0.05, 0) is 17.7 Å². The van der Waals surface area contributed by atoms with Crippen molar-refractivity contribution in [3.05, 3.63) is 60.1 Å². The third-order valence-corrected chi connectivity index (χ3v) is 5.43. The van der Waals surface area contributed by atoms with Crippen molar-refractivity contribution in [1.29, 1.82) is 0 Å². The predicted molar refractivity (Wildman–Crippen MR) is 122 cm³/mol. The SMILES string of the molecule is CCc1nccn1CCC(=O)NC1CCOc2ccc(-c3cc(OC)ncc3F)cc21.O=CO. The van der Waals surface area contributed by atoms with Gasteiger partial charge in [-0.1, -0.05) is 13.0 Å². The number of amides is 1. The number of carboxylic acid groups (broad SMARTS) is 1. The molecule has 1 aliphatic rings. The maximum absolute atomic E-state index is 14.4. The normalized spacial score (nSPS) is 14.1. The largest absolute Gasteiger partial charge is 0.493 e. The van der Waals surface area contributed by atoms with Gasteiger partial charge in [0.1, 0.15) is 17.4 Å². The van der Waals surface area contributed by atoms with Crippen LogP contribution in [-0.2, 0) is 22.6 Å². The highest BCUT2D eigenvalue weighted by Gasteiger charge is 2.24. The summed E-state index contributed by atoms with van der Waals surface area (Å²) in [5.41, 5.74) is 1.90. The monoisotopic (exact) mass is 470 g/mol. The van der Waals surface area contributed by atoms with Crippen LogP contribution in [0.4, 0.5) is 4.39 Å². The quantitative estimate of drug-likeness (QED) is 0.509. The molecule has 0 saturated carbocycles. The van der Waals surface area contributed by atoms with E-state index in [1.54, 1.807) is 18.3 Å². The van der Waals surface area contributed by atoms with Gasteiger partial charge in [0, 0.05) is 55.4 Å². The third-order valence-electron chi connectivity index (χ3n) is 5.43. The van der Waals surface area contributed by atoms with Crippen molar-refractivity contribution >= 4 is 12.4 Å². The van der Waals surface area contributed by atoms with Crippen molar-refractivity contribution in [2.24, 2.45) is 0 Å². The molecular weight excluding hydrogens is 443 g/mol. The molecule has 34 heavy (non-hydrogen) atoms. The summed E-state index contributed by atoms with van der Waals surface area (Å²) >= 11 is 0. The van der Waals surface area contributed by atoms with E-state index in [4.69, 9.17) is 19.4 Å². The molecule has 1 aliphatic heterocycles. The highest BCUT2D eigenvalue weighted by Crippen LogP contribution is 2.36. The van der Waals surface area contributed by atoms with Crippen molar-refractivity contribution in [2.75, 3.05) is 13.7 Å². The zero-order valence-electron chi connectivity index (χ0n) is 19.0. The van der Waals surface area contributed by atoms with E-state index in [-0.39, 0.29) is 18.4 Å². The molecule has 1 atom stereocenters. The van der Waals surface area contributed by atoms with Gasteiger partial charge in [-0.15, -0.1) is 0 Å². The molecule has 2 N–H and O–H groups in total. The Morgan fingerprint density at radius 1 is 1.38 bits per heavy atom. The first-order valence-electron chi connectivity index (χ1n) is 10.8. The average Bonchev–Trinajstić information content (AvgIpc) is 3.31. The van der Waals surface area contributed by atoms with E-state index >= 15 is 0 Å². The maximum atomic E-state index is 14.4. The van der Waals surface area contributed by atoms with Crippen LogP contribution in [-0.4, -0.2) is 45.7 Å². The molecule has 0 fully saturated rings. The number of carbonyl (C=O) groups is 2. The van der Waals surface area contributed by atoms with Crippen LogP contribution in [0.1, 0.15) is 37.2 Å². The Kier molecular flexibility index (Phi) is 8.55. The van der Waals surface area contributed by atoms with Crippen molar-refractivity contribution < 1.29 is 28.6 Å². The molecular formula is C24H27FN4O5. The Morgan fingerprint density at radius 2 is 2.18 bits per heavy atom. The summed E-state index contributed by atoms with van der Waals surface area (Å²) in [4.78, 5) is 29.2. The van der Waals surface area contributed by atoms with E-state index < -0.39 is 5.82 Å². The molecule has 0 bridgehead atoms. The zero-order chi connectivity index (χ0) is 24.5. The lowest BCUT2D eigenvalue weighted by atomic mass is 9.95. The minimum Gasteiger partial charge on any atom is -0.493 e. The first-order chi connectivity index (χ1) is 16.5. The second-order valence-electron chi connectivity index (χ2n) is 7.46. The highest BCUT2D eigenvalue weighted by atomic mass is 19.1. The Bertz CT molecular complexity index is 1130. The topological polar surface area (TPSA) is 116 Å². The fourth-order valence-corrected chi connectivity index (χ4v) is 3.81. The minimum absolute atomic E-state index is 0.0456. The zero-order valence-corrected chi connectivity index (χ0v) is 19.0. The standard InChI is InChI=1S/C23H25FN4O3.CH2O2/c1-3-21-25-8-10-28(21)9-6-22(29)27-19-7-11-31-20-5-4-15(12-17(19)20)16-13-23(30-2)26-14-18(16)24;2-1-3/h4-5,8,10,12-14,19H,3,6-7,9,11H2,1-2H3,(H,27,29);1H,(H,2,3). The molecule has 1 amide bonds. The van der Waals surface area contributed by atoms with E-state index in [0.29, 0.717) is 48.7 Å². The molecule has 180 valence electrons. The molecule has 1 unspecified atom stereocenters. The molecule has 4 rings (SSSR count). The maximum Gasteiger partial charge on any atom is 0.290 e. The van der Waals surface area contributed by atoms with Gasteiger partial charge in [-0.3, -0.25) is 9.59 Å². The number of hydrogen-bond acceptors (Lipinski definition) is 6. The number of aromatic nitrogens is 3. The summed E-state index contributed by atoms with van der Waals surface area (Å²) in [5.74, 6) is 1.51. The number of fused-ring (bicyclic) bond motifs is 1. The number of carbonyl (C=O) groups excluding carboxylic acids is 1. The second-order valence-corrected chi connectivity index (χ2v) is 7.46. The number of nitrogens with zero attached hydrogens (tertiary/aromatic N) is 3. The molecule has 0 aliphatic carbocycles. The van der Waals surface area contributed by atoms with Gasteiger partial charge in [-0.25, -0.2) is 14.4 Å². The second kappa shape index (κ2) is 11.8. The van der Waals surface area contributed by atoms with Gasteiger partial charge in [0.25, 0.3) is 6.47 Å². The molecule has 0 saturated heterocycles. The van der Waals surface area contributed by atoms with E-state index in [0.717, 1.165) is 24.0 Å². The highest BCUT2D eigenvalue weighted by molar-refractivity contribution is 5.77. The van der Waals surface area contributed by atoms with Crippen molar-refractivity contribution in [3.63, 3.8) is 0 Å². The summed E-state index contributed by atoms with van der Waals surface area (Å²) in [7, 11) is 1.49. The van der Waals surface area contributed by atoms with Gasteiger partial charge in [-0.2, -0.15) is 0 Å². The smallest absolute Gasteiger partial charge is 0.290 e. The Labute approximate surface area is 196 Å². The number of nitrogens with one attached hydrogen (secondary N) is 1. The molecule has 10 heteroatoms. The van der Waals surface area contributed by atoms with Gasteiger partial charge in [0.05, 0.1) is 26.0 Å². The summed E-state index contributed by atoms with van der Waals surface area (Å²) in [5, 5.41) is 10.00. The summed E-state index contributed by atoms with van der Waals surface area (Å²) in [6.45, 7) is 2.88. The number of rotatable bonds is 7. The van der Waals surface area contributed by atoms with E-state index in [9.17, 15) is 9.18 Å². The lowest BCUT2D eigenvalue weighted by Crippen LogP contribution is -2.32. The van der Waals surface area contributed by atoms with Crippen LogP contribution in [0.25, 0.3) is 11.1 Å². The molecule has 0 spiro atoms.